The summed E-state index contributed by atoms with van der Waals surface area (Å²) in [5, 5.41) is 14.9. The fraction of sp³-hybridized carbons (Fsp3) is 0.286. The Morgan fingerprint density at radius 1 is 1.19 bits per heavy atom. The summed E-state index contributed by atoms with van der Waals surface area (Å²) in [6, 6.07) is 5.45. The van der Waals surface area contributed by atoms with E-state index in [1.165, 1.54) is 7.85 Å². The van der Waals surface area contributed by atoms with Crippen LogP contribution in [0.5, 0.6) is 11.5 Å². The van der Waals surface area contributed by atoms with Gasteiger partial charge in [0.1, 0.15) is 12.1 Å². The van der Waals surface area contributed by atoms with Gasteiger partial charge in [-0.2, -0.15) is 0 Å². The molecule has 0 saturated heterocycles. The zero-order valence-electron chi connectivity index (χ0n) is 16.9. The first-order valence-electron chi connectivity index (χ1n) is 9.97. The lowest BCUT2D eigenvalue weighted by molar-refractivity contribution is -0.162. The highest BCUT2D eigenvalue weighted by molar-refractivity contribution is 6.26. The third-order valence-electron chi connectivity index (χ3n) is 6.28. The summed E-state index contributed by atoms with van der Waals surface area (Å²) >= 11 is 0. The molecular formula is C21H18BN3O6. The van der Waals surface area contributed by atoms with Gasteiger partial charge in [-0.05, 0) is 30.3 Å². The molecule has 0 bridgehead atoms. The van der Waals surface area contributed by atoms with Gasteiger partial charge in [-0.25, -0.2) is 9.78 Å². The summed E-state index contributed by atoms with van der Waals surface area (Å²) in [5.41, 5.74) is 2.29. The lowest BCUT2D eigenvalue weighted by atomic mass is 9.73. The molecule has 0 fully saturated rings. The van der Waals surface area contributed by atoms with E-state index in [-0.39, 0.29) is 24.5 Å². The summed E-state index contributed by atoms with van der Waals surface area (Å²) in [4.78, 5) is 30.3. The third-order valence-corrected chi connectivity index (χ3v) is 6.28. The standard InChI is InChI=1S/C21H18BN3O6/c1-23-5-10-9-2-16-17(31-8-30-16)4-14(9)24-18-11(10)6-25-15(18)3-13-12(19(25)26)7-29-20(27)21(13,22)28/h2-4,23,28H,5-8,22H2,1H3/t21-/m0/s1. The molecule has 0 radical (unpaired) electrons. The molecule has 10 heteroatoms. The van der Waals surface area contributed by atoms with Gasteiger partial charge in [0.15, 0.2) is 19.3 Å². The fourth-order valence-electron chi connectivity index (χ4n) is 4.68. The normalized spacial score (nSPS) is 20.4. The van der Waals surface area contributed by atoms with E-state index < -0.39 is 11.5 Å². The second-order valence-corrected chi connectivity index (χ2v) is 8.13. The van der Waals surface area contributed by atoms with Crippen LogP contribution in [0.2, 0.25) is 0 Å². The van der Waals surface area contributed by atoms with E-state index in [1.54, 1.807) is 10.6 Å². The summed E-state index contributed by atoms with van der Waals surface area (Å²) in [6.45, 7) is 0.937. The molecule has 2 aromatic heterocycles. The molecule has 6 rings (SSSR count). The summed E-state index contributed by atoms with van der Waals surface area (Å²) in [7, 11) is 3.21. The first-order valence-corrected chi connectivity index (χ1v) is 9.97. The summed E-state index contributed by atoms with van der Waals surface area (Å²) in [5.74, 6) is 0.529. The highest BCUT2D eigenvalue weighted by Gasteiger charge is 2.42. The van der Waals surface area contributed by atoms with Crippen LogP contribution in [0.3, 0.4) is 0 Å². The highest BCUT2D eigenvalue weighted by Crippen LogP contribution is 2.42. The lowest BCUT2D eigenvalue weighted by Gasteiger charge is -2.29. The van der Waals surface area contributed by atoms with Crippen molar-refractivity contribution in [3.05, 3.63) is 50.8 Å². The number of fused-ring (bicyclic) bond motifs is 6. The molecule has 31 heavy (non-hydrogen) atoms. The lowest BCUT2D eigenvalue weighted by Crippen LogP contribution is -2.45. The van der Waals surface area contributed by atoms with Crippen molar-refractivity contribution < 1.29 is 24.1 Å². The van der Waals surface area contributed by atoms with Crippen molar-refractivity contribution in [3.63, 3.8) is 0 Å². The van der Waals surface area contributed by atoms with Crippen molar-refractivity contribution in [3.8, 4) is 22.9 Å². The van der Waals surface area contributed by atoms with Crippen LogP contribution in [0.1, 0.15) is 22.3 Å². The number of cyclic esters (lactones) is 1. The predicted octanol–water partition coefficient (Wildman–Crippen LogP) is -0.292. The number of ether oxygens (including phenoxy) is 3. The number of aliphatic hydroxyl groups is 1. The first-order chi connectivity index (χ1) is 14.9. The van der Waals surface area contributed by atoms with Gasteiger partial charge in [-0.1, -0.05) is 0 Å². The number of rotatable bonds is 2. The molecule has 9 nitrogen and oxygen atoms in total. The van der Waals surface area contributed by atoms with Gasteiger partial charge >= 0.3 is 5.97 Å². The second-order valence-electron chi connectivity index (χ2n) is 8.13. The number of nitrogens with one attached hydrogen (secondary N) is 1. The Morgan fingerprint density at radius 2 is 1.97 bits per heavy atom. The number of esters is 1. The Morgan fingerprint density at radius 3 is 2.74 bits per heavy atom. The van der Waals surface area contributed by atoms with Crippen molar-refractivity contribution in [1.82, 2.24) is 14.9 Å². The van der Waals surface area contributed by atoms with Crippen LogP contribution in [0.4, 0.5) is 0 Å². The molecule has 0 aliphatic carbocycles. The van der Waals surface area contributed by atoms with Crippen LogP contribution >= 0.6 is 0 Å². The minimum Gasteiger partial charge on any atom is -0.459 e. The molecule has 0 saturated carbocycles. The molecule has 3 aliphatic rings. The molecule has 0 amide bonds. The van der Waals surface area contributed by atoms with Crippen LogP contribution in [0.25, 0.3) is 22.3 Å². The van der Waals surface area contributed by atoms with Crippen LogP contribution < -0.4 is 20.3 Å². The Labute approximate surface area is 177 Å². The van der Waals surface area contributed by atoms with Gasteiger partial charge in [0.05, 0.1) is 29.0 Å². The Hall–Kier alpha value is -3.37. The highest BCUT2D eigenvalue weighted by atomic mass is 16.7. The Balaban J connectivity index is 1.65. The van der Waals surface area contributed by atoms with E-state index in [0.717, 1.165) is 22.0 Å². The van der Waals surface area contributed by atoms with Gasteiger partial charge < -0.3 is 29.2 Å². The topological polar surface area (TPSA) is 112 Å². The Bertz CT molecular complexity index is 1380. The zero-order chi connectivity index (χ0) is 21.5. The maximum Gasteiger partial charge on any atom is 0.333 e. The Kier molecular flexibility index (Phi) is 3.61. The van der Waals surface area contributed by atoms with Gasteiger partial charge in [-0.15, -0.1) is 0 Å². The van der Waals surface area contributed by atoms with E-state index in [2.05, 4.69) is 5.32 Å². The quantitative estimate of drug-likeness (QED) is 0.337. The van der Waals surface area contributed by atoms with Crippen LogP contribution in [-0.2, 0) is 34.7 Å². The first kappa shape index (κ1) is 18.4. The number of carbonyl (C=O) groups is 1. The van der Waals surface area contributed by atoms with E-state index >= 15 is 0 Å². The molecule has 3 aromatic rings. The third kappa shape index (κ3) is 2.37. The largest absolute Gasteiger partial charge is 0.459 e. The molecule has 1 atom stereocenters. The number of pyridine rings is 2. The second kappa shape index (κ2) is 6.08. The SMILES string of the molecule is B[C@@]1(O)C(=O)OCc2c1cc1n(c2=O)Cc2c-1nc1cc3c(cc1c2CNC)OCO3. The zero-order valence-corrected chi connectivity index (χ0v) is 16.9. The maximum atomic E-state index is 13.3. The van der Waals surface area contributed by atoms with Crippen LogP contribution in [-0.4, -0.2) is 42.3 Å². The van der Waals surface area contributed by atoms with E-state index in [0.29, 0.717) is 41.5 Å². The average Bonchev–Trinajstić information content (AvgIpc) is 3.34. The minimum atomic E-state index is -1.89. The number of aromatic nitrogens is 2. The molecule has 156 valence electrons. The van der Waals surface area contributed by atoms with Crippen LogP contribution in [0, 0.1) is 0 Å². The molecule has 1 aromatic carbocycles. The maximum absolute atomic E-state index is 13.3. The molecular weight excluding hydrogens is 401 g/mol. The smallest absolute Gasteiger partial charge is 0.333 e. The van der Waals surface area contributed by atoms with Crippen molar-refractivity contribution in [2.45, 2.75) is 25.2 Å². The van der Waals surface area contributed by atoms with Crippen molar-refractivity contribution in [1.29, 1.82) is 0 Å². The van der Waals surface area contributed by atoms with E-state index in [1.807, 2.05) is 19.2 Å². The molecule has 0 unspecified atom stereocenters. The van der Waals surface area contributed by atoms with Gasteiger partial charge in [0, 0.05) is 23.6 Å². The number of hydrogen-bond acceptors (Lipinski definition) is 8. The van der Waals surface area contributed by atoms with E-state index in [9.17, 15) is 14.7 Å². The molecule has 0 spiro atoms. The van der Waals surface area contributed by atoms with Gasteiger partial charge in [0.2, 0.25) is 6.79 Å². The molecule has 3 aliphatic heterocycles. The van der Waals surface area contributed by atoms with Crippen molar-refractivity contribution in [2.75, 3.05) is 13.8 Å². The summed E-state index contributed by atoms with van der Waals surface area (Å²) in [6.07, 6.45) is 0. The number of benzene rings is 1. The molecule has 2 N–H and O–H groups in total. The average molecular weight is 419 g/mol. The minimum absolute atomic E-state index is 0.153. The number of hydrogen-bond donors (Lipinski definition) is 2. The number of carbonyl (C=O) groups excluding carboxylic acids is 1. The summed E-state index contributed by atoms with van der Waals surface area (Å²) < 4.78 is 17.7. The number of nitrogens with zero attached hydrogens (tertiary/aromatic N) is 2. The van der Waals surface area contributed by atoms with E-state index in [4.69, 9.17) is 19.2 Å². The van der Waals surface area contributed by atoms with Gasteiger partial charge in [-0.3, -0.25) is 4.79 Å². The fourth-order valence-corrected chi connectivity index (χ4v) is 4.68. The van der Waals surface area contributed by atoms with Crippen LogP contribution in [0.15, 0.2) is 23.0 Å². The van der Waals surface area contributed by atoms with Crippen molar-refractivity contribution in [2.24, 2.45) is 0 Å². The van der Waals surface area contributed by atoms with Gasteiger partial charge in [0.25, 0.3) is 5.56 Å². The monoisotopic (exact) mass is 419 g/mol. The molecule has 5 heterocycles. The predicted molar refractivity (Wildman–Crippen MR) is 112 cm³/mol. The van der Waals surface area contributed by atoms with Crippen molar-refractivity contribution >= 4 is 24.7 Å².